The van der Waals surface area contributed by atoms with Crippen molar-refractivity contribution in [3.63, 3.8) is 0 Å². The van der Waals surface area contributed by atoms with E-state index < -0.39 is 4.92 Å². The van der Waals surface area contributed by atoms with E-state index in [2.05, 4.69) is 10.6 Å². The zero-order valence-corrected chi connectivity index (χ0v) is 12.6. The molecule has 2 rings (SSSR count). The Balaban J connectivity index is 2.12. The third kappa shape index (κ3) is 4.13. The molecule has 0 saturated heterocycles. The number of nitrogens with zero attached hydrogens (tertiary/aromatic N) is 1. The fourth-order valence-electron chi connectivity index (χ4n) is 2.00. The standard InChI is InChI=1S/C16H15N3O4/c1-10-9-14(19(22)23)7-8-15(10)18-16(21)12-3-5-13(6-4-12)17-11(2)20/h3-9H,1-2H3,(H,17,20)(H,18,21). The molecule has 0 fully saturated rings. The van der Waals surface area contributed by atoms with Crippen LogP contribution in [0.5, 0.6) is 0 Å². The first-order chi connectivity index (χ1) is 10.9. The third-order valence-corrected chi connectivity index (χ3v) is 3.14. The number of hydrogen-bond donors (Lipinski definition) is 2. The lowest BCUT2D eigenvalue weighted by molar-refractivity contribution is -0.384. The van der Waals surface area contributed by atoms with E-state index in [0.717, 1.165) is 0 Å². The Morgan fingerprint density at radius 3 is 2.22 bits per heavy atom. The van der Waals surface area contributed by atoms with Crippen molar-refractivity contribution in [3.05, 3.63) is 63.7 Å². The fraction of sp³-hybridized carbons (Fsp3) is 0.125. The number of rotatable bonds is 4. The van der Waals surface area contributed by atoms with Gasteiger partial charge in [0.25, 0.3) is 11.6 Å². The maximum atomic E-state index is 12.2. The van der Waals surface area contributed by atoms with Gasteiger partial charge in [-0.15, -0.1) is 0 Å². The quantitative estimate of drug-likeness (QED) is 0.668. The van der Waals surface area contributed by atoms with Crippen molar-refractivity contribution < 1.29 is 14.5 Å². The predicted molar refractivity (Wildman–Crippen MR) is 86.5 cm³/mol. The van der Waals surface area contributed by atoms with Crippen molar-refractivity contribution in [2.45, 2.75) is 13.8 Å². The van der Waals surface area contributed by atoms with E-state index in [0.29, 0.717) is 22.5 Å². The highest BCUT2D eigenvalue weighted by Crippen LogP contribution is 2.22. The van der Waals surface area contributed by atoms with Gasteiger partial charge in [-0.05, 0) is 42.8 Å². The predicted octanol–water partition coefficient (Wildman–Crippen LogP) is 3.11. The van der Waals surface area contributed by atoms with Crippen LogP contribution in [0.1, 0.15) is 22.8 Å². The zero-order chi connectivity index (χ0) is 17.0. The lowest BCUT2D eigenvalue weighted by Crippen LogP contribution is -2.13. The van der Waals surface area contributed by atoms with Gasteiger partial charge in [-0.25, -0.2) is 0 Å². The molecular formula is C16H15N3O4. The lowest BCUT2D eigenvalue weighted by atomic mass is 10.1. The van der Waals surface area contributed by atoms with Gasteiger partial charge in [-0.2, -0.15) is 0 Å². The monoisotopic (exact) mass is 313 g/mol. The largest absolute Gasteiger partial charge is 0.326 e. The summed E-state index contributed by atoms with van der Waals surface area (Å²) in [6, 6.07) is 10.6. The van der Waals surface area contributed by atoms with Crippen molar-refractivity contribution in [2.75, 3.05) is 10.6 Å². The molecule has 7 heteroatoms. The Morgan fingerprint density at radius 2 is 1.70 bits per heavy atom. The Labute approximate surface area is 132 Å². The number of nitro groups is 1. The maximum Gasteiger partial charge on any atom is 0.269 e. The number of benzene rings is 2. The van der Waals surface area contributed by atoms with Crippen molar-refractivity contribution >= 4 is 28.9 Å². The molecule has 0 saturated carbocycles. The number of amides is 2. The Bertz CT molecular complexity index is 769. The summed E-state index contributed by atoms with van der Waals surface area (Å²) in [7, 11) is 0. The van der Waals surface area contributed by atoms with Crippen LogP contribution in [0.4, 0.5) is 17.1 Å². The van der Waals surface area contributed by atoms with Crippen LogP contribution in [0, 0.1) is 17.0 Å². The number of aryl methyl sites for hydroxylation is 1. The lowest BCUT2D eigenvalue weighted by Gasteiger charge is -2.09. The van der Waals surface area contributed by atoms with Gasteiger partial charge < -0.3 is 10.6 Å². The van der Waals surface area contributed by atoms with Crippen molar-refractivity contribution in [2.24, 2.45) is 0 Å². The van der Waals surface area contributed by atoms with Gasteiger partial charge in [-0.1, -0.05) is 0 Å². The van der Waals surface area contributed by atoms with E-state index in [9.17, 15) is 19.7 Å². The molecule has 2 aromatic carbocycles. The van der Waals surface area contributed by atoms with Gasteiger partial charge in [0.2, 0.25) is 5.91 Å². The molecule has 0 radical (unpaired) electrons. The molecule has 0 aliphatic rings. The van der Waals surface area contributed by atoms with Crippen LogP contribution < -0.4 is 10.6 Å². The van der Waals surface area contributed by atoms with Crippen LogP contribution in [0.15, 0.2) is 42.5 Å². The fourth-order valence-corrected chi connectivity index (χ4v) is 2.00. The first kappa shape index (κ1) is 16.2. The summed E-state index contributed by atoms with van der Waals surface area (Å²) >= 11 is 0. The first-order valence-electron chi connectivity index (χ1n) is 6.81. The highest BCUT2D eigenvalue weighted by molar-refractivity contribution is 6.05. The highest BCUT2D eigenvalue weighted by atomic mass is 16.6. The number of nitro benzene ring substituents is 1. The minimum absolute atomic E-state index is 0.0276. The molecule has 118 valence electrons. The molecule has 2 N–H and O–H groups in total. The van der Waals surface area contributed by atoms with Crippen LogP contribution in [0.3, 0.4) is 0 Å². The van der Waals surface area contributed by atoms with Crippen molar-refractivity contribution in [3.8, 4) is 0 Å². The van der Waals surface area contributed by atoms with Crippen LogP contribution >= 0.6 is 0 Å². The van der Waals surface area contributed by atoms with Crippen molar-refractivity contribution in [1.29, 1.82) is 0 Å². The minimum atomic E-state index is -0.487. The molecule has 0 atom stereocenters. The van der Waals surface area contributed by atoms with Gasteiger partial charge in [0, 0.05) is 36.0 Å². The maximum absolute atomic E-state index is 12.2. The van der Waals surface area contributed by atoms with Gasteiger partial charge in [0.15, 0.2) is 0 Å². The van der Waals surface area contributed by atoms with Crippen LogP contribution in [-0.2, 0) is 4.79 Å². The number of non-ortho nitro benzene ring substituents is 1. The number of nitrogens with one attached hydrogen (secondary N) is 2. The van der Waals surface area contributed by atoms with Crippen molar-refractivity contribution in [1.82, 2.24) is 0 Å². The number of anilines is 2. The van der Waals surface area contributed by atoms with Crippen LogP contribution in [0.25, 0.3) is 0 Å². The Hall–Kier alpha value is -3.22. The summed E-state index contributed by atoms with van der Waals surface area (Å²) in [6.07, 6.45) is 0. The van der Waals surface area contributed by atoms with E-state index in [-0.39, 0.29) is 17.5 Å². The second-order valence-corrected chi connectivity index (χ2v) is 4.97. The number of carbonyl (C=O) groups excluding carboxylic acids is 2. The Morgan fingerprint density at radius 1 is 1.04 bits per heavy atom. The van der Waals surface area contributed by atoms with Gasteiger partial charge in [0.05, 0.1) is 4.92 Å². The molecule has 0 aliphatic heterocycles. The molecule has 0 bridgehead atoms. The topological polar surface area (TPSA) is 101 Å². The van der Waals surface area contributed by atoms with Gasteiger partial charge >= 0.3 is 0 Å². The third-order valence-electron chi connectivity index (χ3n) is 3.14. The summed E-state index contributed by atoms with van der Waals surface area (Å²) < 4.78 is 0. The van der Waals surface area contributed by atoms with E-state index in [1.807, 2.05) is 0 Å². The summed E-state index contributed by atoms with van der Waals surface area (Å²) in [5.41, 5.74) is 2.09. The van der Waals surface area contributed by atoms with E-state index in [1.54, 1.807) is 31.2 Å². The summed E-state index contributed by atoms with van der Waals surface area (Å²) in [5, 5.41) is 16.0. The molecule has 23 heavy (non-hydrogen) atoms. The summed E-state index contributed by atoms with van der Waals surface area (Å²) in [4.78, 5) is 33.4. The van der Waals surface area contributed by atoms with E-state index in [4.69, 9.17) is 0 Å². The Kier molecular flexibility index (Phi) is 4.70. The molecule has 0 spiro atoms. The molecule has 7 nitrogen and oxygen atoms in total. The molecule has 0 unspecified atom stereocenters. The number of carbonyl (C=O) groups is 2. The average Bonchev–Trinajstić information content (AvgIpc) is 2.49. The first-order valence-corrected chi connectivity index (χ1v) is 6.81. The van der Waals surface area contributed by atoms with Gasteiger partial charge in [0.1, 0.15) is 0 Å². The minimum Gasteiger partial charge on any atom is -0.326 e. The summed E-state index contributed by atoms with van der Waals surface area (Å²) in [6.45, 7) is 3.08. The molecule has 2 aromatic rings. The average molecular weight is 313 g/mol. The van der Waals surface area contributed by atoms with E-state index in [1.165, 1.54) is 25.1 Å². The molecule has 2 amide bonds. The molecule has 0 heterocycles. The smallest absolute Gasteiger partial charge is 0.269 e. The molecule has 0 aliphatic carbocycles. The second kappa shape index (κ2) is 6.69. The van der Waals surface area contributed by atoms with Crippen LogP contribution in [0.2, 0.25) is 0 Å². The normalized spacial score (nSPS) is 10.0. The SMILES string of the molecule is CC(=O)Nc1ccc(C(=O)Nc2ccc([N+](=O)[O-])cc2C)cc1. The van der Waals surface area contributed by atoms with E-state index >= 15 is 0 Å². The van der Waals surface area contributed by atoms with Gasteiger partial charge in [-0.3, -0.25) is 19.7 Å². The second-order valence-electron chi connectivity index (χ2n) is 4.97. The highest BCUT2D eigenvalue weighted by Gasteiger charge is 2.11. The number of hydrogen-bond acceptors (Lipinski definition) is 4. The molecule has 0 aromatic heterocycles. The summed E-state index contributed by atoms with van der Waals surface area (Å²) in [5.74, 6) is -0.528. The van der Waals surface area contributed by atoms with Crippen LogP contribution in [-0.4, -0.2) is 16.7 Å². The molecular weight excluding hydrogens is 298 g/mol. The zero-order valence-electron chi connectivity index (χ0n) is 12.6.